The topological polar surface area (TPSA) is 77.0 Å². The standard InChI is InChI=1S/C21H16F3N5O2/c1-28-15-5-3-2-4-14(15)25-19(28)16-10-11-17(30)29(16)13-8-6-12(7-9-13)18-26-20(31-27-18)21(22,23)24/h2-9,16H,10-11H2,1H3. The van der Waals surface area contributed by atoms with E-state index < -0.39 is 12.1 Å². The van der Waals surface area contributed by atoms with Crippen molar-refractivity contribution in [3.05, 3.63) is 60.2 Å². The molecule has 1 fully saturated rings. The molecule has 7 nitrogen and oxygen atoms in total. The van der Waals surface area contributed by atoms with Gasteiger partial charge in [0.2, 0.25) is 11.7 Å². The van der Waals surface area contributed by atoms with E-state index >= 15 is 0 Å². The van der Waals surface area contributed by atoms with E-state index in [4.69, 9.17) is 4.98 Å². The minimum absolute atomic E-state index is 0.0382. The van der Waals surface area contributed by atoms with Gasteiger partial charge in [0.25, 0.3) is 0 Å². The van der Waals surface area contributed by atoms with Crippen molar-refractivity contribution in [1.82, 2.24) is 19.7 Å². The van der Waals surface area contributed by atoms with E-state index in [0.717, 1.165) is 16.9 Å². The van der Waals surface area contributed by atoms with E-state index in [0.29, 0.717) is 24.1 Å². The van der Waals surface area contributed by atoms with Gasteiger partial charge in [-0.2, -0.15) is 18.2 Å². The minimum atomic E-state index is -4.70. The normalized spacial score (nSPS) is 17.1. The van der Waals surface area contributed by atoms with Crippen LogP contribution >= 0.6 is 0 Å². The zero-order valence-electron chi connectivity index (χ0n) is 16.3. The number of aromatic nitrogens is 4. The molecule has 1 aliphatic rings. The zero-order chi connectivity index (χ0) is 21.8. The maximum absolute atomic E-state index is 12.7. The molecule has 0 radical (unpaired) electrons. The molecule has 2 aromatic heterocycles. The first-order valence-corrected chi connectivity index (χ1v) is 9.57. The number of para-hydroxylation sites is 2. The molecule has 1 atom stereocenters. The summed E-state index contributed by atoms with van der Waals surface area (Å²) < 4.78 is 44.4. The highest BCUT2D eigenvalue weighted by atomic mass is 19.4. The number of carbonyl (C=O) groups is 1. The van der Waals surface area contributed by atoms with Gasteiger partial charge in [-0.05, 0) is 42.8 Å². The van der Waals surface area contributed by atoms with Gasteiger partial charge in [0.1, 0.15) is 5.82 Å². The average molecular weight is 427 g/mol. The molecular formula is C21H16F3N5O2. The molecule has 1 aliphatic heterocycles. The van der Waals surface area contributed by atoms with E-state index in [9.17, 15) is 18.0 Å². The Balaban J connectivity index is 1.47. The first-order valence-electron chi connectivity index (χ1n) is 9.57. The first kappa shape index (κ1) is 19.3. The molecule has 1 saturated heterocycles. The smallest absolute Gasteiger partial charge is 0.329 e. The van der Waals surface area contributed by atoms with E-state index in [1.807, 2.05) is 35.9 Å². The zero-order valence-corrected chi connectivity index (χ0v) is 16.3. The van der Waals surface area contributed by atoms with Gasteiger partial charge < -0.3 is 14.0 Å². The van der Waals surface area contributed by atoms with Crippen LogP contribution in [0.15, 0.2) is 53.1 Å². The Hall–Kier alpha value is -3.69. The van der Waals surface area contributed by atoms with Gasteiger partial charge in [-0.15, -0.1) is 0 Å². The van der Waals surface area contributed by atoms with Crippen molar-refractivity contribution in [2.24, 2.45) is 7.05 Å². The number of hydrogen-bond acceptors (Lipinski definition) is 5. The predicted octanol–water partition coefficient (Wildman–Crippen LogP) is 4.51. The van der Waals surface area contributed by atoms with Gasteiger partial charge in [0.15, 0.2) is 0 Å². The van der Waals surface area contributed by atoms with E-state index in [-0.39, 0.29) is 17.8 Å². The lowest BCUT2D eigenvalue weighted by Crippen LogP contribution is -2.28. The monoisotopic (exact) mass is 427 g/mol. The number of benzene rings is 2. The second-order valence-electron chi connectivity index (χ2n) is 7.30. The number of anilines is 1. The summed E-state index contributed by atoms with van der Waals surface area (Å²) in [5, 5.41) is 3.39. The molecule has 5 rings (SSSR count). The maximum Gasteiger partial charge on any atom is 0.471 e. The van der Waals surface area contributed by atoms with Crippen molar-refractivity contribution >= 4 is 22.6 Å². The van der Waals surface area contributed by atoms with Crippen molar-refractivity contribution < 1.29 is 22.5 Å². The predicted molar refractivity (Wildman–Crippen MR) is 105 cm³/mol. The minimum Gasteiger partial charge on any atom is -0.329 e. The molecule has 0 aliphatic carbocycles. The molecule has 10 heteroatoms. The molecule has 158 valence electrons. The summed E-state index contributed by atoms with van der Waals surface area (Å²) >= 11 is 0. The summed E-state index contributed by atoms with van der Waals surface area (Å²) in [6.07, 6.45) is -3.70. The van der Waals surface area contributed by atoms with E-state index in [1.54, 1.807) is 29.2 Å². The number of alkyl halides is 3. The Morgan fingerprint density at radius 3 is 2.48 bits per heavy atom. The van der Waals surface area contributed by atoms with E-state index in [2.05, 4.69) is 14.7 Å². The van der Waals surface area contributed by atoms with Crippen LogP contribution in [0.25, 0.3) is 22.4 Å². The van der Waals surface area contributed by atoms with Crippen molar-refractivity contribution in [3.63, 3.8) is 0 Å². The lowest BCUT2D eigenvalue weighted by atomic mass is 10.1. The lowest BCUT2D eigenvalue weighted by molar-refractivity contribution is -0.159. The summed E-state index contributed by atoms with van der Waals surface area (Å²) in [6.45, 7) is 0. The highest BCUT2D eigenvalue weighted by molar-refractivity contribution is 5.96. The summed E-state index contributed by atoms with van der Waals surface area (Å²) in [6, 6.07) is 14.0. The number of amides is 1. The van der Waals surface area contributed by atoms with Crippen LogP contribution in [0.2, 0.25) is 0 Å². The Bertz CT molecular complexity index is 1280. The van der Waals surface area contributed by atoms with Crippen LogP contribution in [-0.2, 0) is 18.0 Å². The lowest BCUT2D eigenvalue weighted by Gasteiger charge is -2.24. The van der Waals surface area contributed by atoms with Crippen LogP contribution in [0.3, 0.4) is 0 Å². The molecule has 4 aromatic rings. The Kier molecular flexibility index (Phi) is 4.31. The number of rotatable bonds is 3. The molecular weight excluding hydrogens is 411 g/mol. The summed E-state index contributed by atoms with van der Waals surface area (Å²) in [4.78, 5) is 22.5. The third kappa shape index (κ3) is 3.24. The fourth-order valence-electron chi connectivity index (χ4n) is 3.94. The van der Waals surface area contributed by atoms with Gasteiger partial charge in [0.05, 0.1) is 17.1 Å². The van der Waals surface area contributed by atoms with Crippen molar-refractivity contribution in [1.29, 1.82) is 0 Å². The Morgan fingerprint density at radius 1 is 1.06 bits per heavy atom. The Labute approximate surface area is 174 Å². The van der Waals surface area contributed by atoms with Crippen LogP contribution < -0.4 is 4.90 Å². The Morgan fingerprint density at radius 2 is 1.81 bits per heavy atom. The second-order valence-corrected chi connectivity index (χ2v) is 7.30. The van der Waals surface area contributed by atoms with Crippen molar-refractivity contribution in [2.75, 3.05) is 4.90 Å². The molecule has 2 aromatic carbocycles. The van der Waals surface area contributed by atoms with Gasteiger partial charge in [-0.3, -0.25) is 4.79 Å². The first-order chi connectivity index (χ1) is 14.8. The van der Waals surface area contributed by atoms with E-state index in [1.165, 1.54) is 0 Å². The summed E-state index contributed by atoms with van der Waals surface area (Å²) in [5.74, 6) is -0.824. The second kappa shape index (κ2) is 6.93. The highest BCUT2D eigenvalue weighted by Crippen LogP contribution is 2.38. The molecule has 1 unspecified atom stereocenters. The molecule has 3 heterocycles. The molecule has 31 heavy (non-hydrogen) atoms. The molecule has 0 N–H and O–H groups in total. The molecule has 0 saturated carbocycles. The number of aryl methyl sites for hydroxylation is 1. The average Bonchev–Trinajstić information content (AvgIpc) is 3.46. The number of imidazole rings is 1. The van der Waals surface area contributed by atoms with Crippen LogP contribution in [0.4, 0.5) is 18.9 Å². The largest absolute Gasteiger partial charge is 0.471 e. The fraction of sp³-hybridized carbons (Fsp3) is 0.238. The highest BCUT2D eigenvalue weighted by Gasteiger charge is 2.39. The third-order valence-electron chi connectivity index (χ3n) is 5.40. The van der Waals surface area contributed by atoms with Gasteiger partial charge in [0, 0.05) is 24.7 Å². The molecule has 0 bridgehead atoms. The number of carbonyl (C=O) groups excluding carboxylic acids is 1. The van der Waals surface area contributed by atoms with Crippen molar-refractivity contribution in [3.8, 4) is 11.4 Å². The number of nitrogens with zero attached hydrogens (tertiary/aromatic N) is 5. The number of halogens is 3. The third-order valence-corrected chi connectivity index (χ3v) is 5.40. The maximum atomic E-state index is 12.7. The van der Waals surface area contributed by atoms with Crippen LogP contribution in [-0.4, -0.2) is 25.6 Å². The van der Waals surface area contributed by atoms with Crippen LogP contribution in [0.1, 0.15) is 30.6 Å². The van der Waals surface area contributed by atoms with Gasteiger partial charge >= 0.3 is 12.1 Å². The summed E-state index contributed by atoms with van der Waals surface area (Å²) in [7, 11) is 1.92. The van der Waals surface area contributed by atoms with Crippen LogP contribution in [0, 0.1) is 0 Å². The number of hydrogen-bond donors (Lipinski definition) is 0. The number of fused-ring (bicyclic) bond motifs is 1. The molecule has 1 amide bonds. The van der Waals surface area contributed by atoms with Crippen LogP contribution in [0.5, 0.6) is 0 Å². The van der Waals surface area contributed by atoms with Gasteiger partial charge in [-0.1, -0.05) is 17.3 Å². The fourth-order valence-corrected chi connectivity index (χ4v) is 3.94. The SMILES string of the molecule is Cn1c(C2CCC(=O)N2c2ccc(-c3noc(C(F)(F)F)n3)cc2)nc2ccccc21. The molecule has 0 spiro atoms. The van der Waals surface area contributed by atoms with Gasteiger partial charge in [-0.25, -0.2) is 4.98 Å². The quantitative estimate of drug-likeness (QED) is 0.481. The van der Waals surface area contributed by atoms with Crippen molar-refractivity contribution in [2.45, 2.75) is 25.1 Å². The summed E-state index contributed by atoms with van der Waals surface area (Å²) in [5.41, 5.74) is 2.81.